The van der Waals surface area contributed by atoms with E-state index in [0.717, 1.165) is 45.0 Å². The number of hydrogen-bond acceptors (Lipinski definition) is 4. The van der Waals surface area contributed by atoms with Gasteiger partial charge in [-0.25, -0.2) is 8.42 Å². The molecule has 0 bridgehead atoms. The van der Waals surface area contributed by atoms with Gasteiger partial charge in [0.1, 0.15) is 12.6 Å². The van der Waals surface area contributed by atoms with Gasteiger partial charge in [0, 0.05) is 13.1 Å². The van der Waals surface area contributed by atoms with Crippen LogP contribution < -0.4 is 9.62 Å². The minimum absolute atomic E-state index is 0.0968. The first-order chi connectivity index (χ1) is 18.9. The number of carbonyl (C=O) groups is 2. The molecule has 8 heteroatoms. The molecule has 3 aromatic rings. The minimum atomic E-state index is -4.09. The summed E-state index contributed by atoms with van der Waals surface area (Å²) in [6.45, 7) is 11.7. The summed E-state index contributed by atoms with van der Waals surface area (Å²) in [5.74, 6) is -0.735. The van der Waals surface area contributed by atoms with E-state index in [4.69, 9.17) is 0 Å². The van der Waals surface area contributed by atoms with Gasteiger partial charge in [-0.3, -0.25) is 13.9 Å². The zero-order valence-corrected chi connectivity index (χ0v) is 25.2. The molecule has 1 N–H and O–H groups in total. The van der Waals surface area contributed by atoms with E-state index in [-0.39, 0.29) is 17.3 Å². The van der Waals surface area contributed by atoms with Crippen LogP contribution in [0.4, 0.5) is 5.69 Å². The van der Waals surface area contributed by atoms with E-state index in [1.54, 1.807) is 43.3 Å². The highest BCUT2D eigenvalue weighted by Crippen LogP contribution is 2.27. The molecule has 0 aliphatic rings. The molecule has 1 unspecified atom stereocenters. The highest BCUT2D eigenvalue weighted by atomic mass is 32.2. The normalized spacial score (nSPS) is 12.1. The van der Waals surface area contributed by atoms with Crippen molar-refractivity contribution in [3.8, 4) is 0 Å². The summed E-state index contributed by atoms with van der Waals surface area (Å²) >= 11 is 0. The molecule has 7 nitrogen and oxygen atoms in total. The van der Waals surface area contributed by atoms with E-state index >= 15 is 0 Å². The number of amides is 2. The third-order valence-corrected chi connectivity index (χ3v) is 8.92. The SMILES string of the molecule is CCCCNC(=O)C(C)N(Cc1ccc(C)cc1)C(=O)CN(c1ccc(C)c(C)c1)S(=O)(=O)c1ccc(C)cc1. The Kier molecular flexibility index (Phi) is 10.5. The van der Waals surface area contributed by atoms with E-state index < -0.39 is 28.5 Å². The van der Waals surface area contributed by atoms with E-state index in [2.05, 4.69) is 5.32 Å². The first-order valence-electron chi connectivity index (χ1n) is 13.7. The van der Waals surface area contributed by atoms with Crippen LogP contribution >= 0.6 is 0 Å². The van der Waals surface area contributed by atoms with Crippen molar-refractivity contribution in [3.05, 3.63) is 94.5 Å². The highest BCUT2D eigenvalue weighted by Gasteiger charge is 2.32. The first kappa shape index (κ1) is 30.9. The van der Waals surface area contributed by atoms with Gasteiger partial charge in [-0.15, -0.1) is 0 Å². The molecule has 3 rings (SSSR count). The lowest BCUT2D eigenvalue weighted by Gasteiger charge is -2.32. The van der Waals surface area contributed by atoms with Gasteiger partial charge in [0.05, 0.1) is 10.6 Å². The molecule has 0 aliphatic heterocycles. The lowest BCUT2D eigenvalue weighted by Crippen LogP contribution is -2.51. The molecule has 0 heterocycles. The predicted octanol–water partition coefficient (Wildman–Crippen LogP) is 5.45. The Morgan fingerprint density at radius 3 is 2.02 bits per heavy atom. The van der Waals surface area contributed by atoms with Gasteiger partial charge in [0.2, 0.25) is 11.8 Å². The van der Waals surface area contributed by atoms with Crippen molar-refractivity contribution < 1.29 is 18.0 Å². The van der Waals surface area contributed by atoms with E-state index in [1.165, 1.54) is 4.90 Å². The summed E-state index contributed by atoms with van der Waals surface area (Å²) in [6.07, 6.45) is 1.77. The van der Waals surface area contributed by atoms with Crippen LogP contribution in [0.3, 0.4) is 0 Å². The van der Waals surface area contributed by atoms with E-state index in [9.17, 15) is 18.0 Å². The van der Waals surface area contributed by atoms with Gasteiger partial charge in [0.25, 0.3) is 10.0 Å². The molecular formula is C32H41N3O4S. The average Bonchev–Trinajstić information content (AvgIpc) is 2.92. The molecule has 0 fully saturated rings. The Hall–Kier alpha value is -3.65. The summed E-state index contributed by atoms with van der Waals surface area (Å²) in [5, 5.41) is 2.91. The molecule has 3 aromatic carbocycles. The molecule has 2 amide bonds. The van der Waals surface area contributed by atoms with Gasteiger partial charge < -0.3 is 10.2 Å². The molecule has 0 spiro atoms. The van der Waals surface area contributed by atoms with Crippen LogP contribution in [0.5, 0.6) is 0 Å². The molecule has 1 atom stereocenters. The molecule has 40 heavy (non-hydrogen) atoms. The quantitative estimate of drug-likeness (QED) is 0.297. The second-order valence-electron chi connectivity index (χ2n) is 10.4. The Balaban J connectivity index is 2.02. The highest BCUT2D eigenvalue weighted by molar-refractivity contribution is 7.92. The standard InChI is InChI=1S/C32H41N3O4S/c1-7-8-19-33-32(37)27(6)34(21-28-14-9-23(2)10-15-28)31(36)22-35(29-16-13-25(4)26(5)20-29)40(38,39)30-17-11-24(3)12-18-30/h9-18,20,27H,7-8,19,21-22H2,1-6H3,(H,33,37). The number of sulfonamides is 1. The molecular weight excluding hydrogens is 522 g/mol. The van der Waals surface area contributed by atoms with Crippen LogP contribution in [0, 0.1) is 27.7 Å². The van der Waals surface area contributed by atoms with Crippen molar-refractivity contribution in [2.75, 3.05) is 17.4 Å². The number of nitrogens with one attached hydrogen (secondary N) is 1. The zero-order chi connectivity index (χ0) is 29.4. The van der Waals surface area contributed by atoms with Crippen LogP contribution in [-0.4, -0.2) is 44.3 Å². The lowest BCUT2D eigenvalue weighted by molar-refractivity contribution is -0.139. The van der Waals surface area contributed by atoms with Crippen molar-refractivity contribution in [1.29, 1.82) is 0 Å². The number of aryl methyl sites for hydroxylation is 4. The second-order valence-corrected chi connectivity index (χ2v) is 12.3. The molecule has 0 aliphatic carbocycles. The van der Waals surface area contributed by atoms with E-state index in [0.29, 0.717) is 12.2 Å². The third-order valence-electron chi connectivity index (χ3n) is 7.14. The van der Waals surface area contributed by atoms with Gasteiger partial charge in [0.15, 0.2) is 0 Å². The summed E-state index contributed by atoms with van der Waals surface area (Å²) < 4.78 is 29.0. The maximum absolute atomic E-state index is 14.0. The lowest BCUT2D eigenvalue weighted by atomic mass is 10.1. The topological polar surface area (TPSA) is 86.8 Å². The number of benzene rings is 3. The molecule has 214 valence electrons. The summed E-state index contributed by atoms with van der Waals surface area (Å²) in [5.41, 5.74) is 5.19. The minimum Gasteiger partial charge on any atom is -0.354 e. The fourth-order valence-electron chi connectivity index (χ4n) is 4.26. The number of unbranched alkanes of at least 4 members (excludes halogenated alkanes) is 1. The van der Waals surface area contributed by atoms with Crippen LogP contribution in [0.15, 0.2) is 71.6 Å². The van der Waals surface area contributed by atoms with Crippen LogP contribution in [0.1, 0.15) is 54.5 Å². The number of carbonyl (C=O) groups excluding carboxylic acids is 2. The van der Waals surface area contributed by atoms with E-state index in [1.807, 2.05) is 65.0 Å². The van der Waals surface area contributed by atoms with Gasteiger partial charge in [-0.2, -0.15) is 0 Å². The van der Waals surface area contributed by atoms with Crippen molar-refractivity contribution in [2.45, 2.75) is 71.9 Å². The van der Waals surface area contributed by atoms with Crippen molar-refractivity contribution >= 4 is 27.5 Å². The maximum Gasteiger partial charge on any atom is 0.264 e. The Morgan fingerprint density at radius 2 is 1.45 bits per heavy atom. The van der Waals surface area contributed by atoms with Crippen LogP contribution in [0.25, 0.3) is 0 Å². The van der Waals surface area contributed by atoms with Crippen LogP contribution in [0.2, 0.25) is 0 Å². The van der Waals surface area contributed by atoms with Gasteiger partial charge in [-0.1, -0.05) is 66.9 Å². The summed E-state index contributed by atoms with van der Waals surface area (Å²) in [4.78, 5) is 28.6. The molecule has 0 saturated carbocycles. The van der Waals surface area contributed by atoms with Crippen molar-refractivity contribution in [2.24, 2.45) is 0 Å². The fraction of sp³-hybridized carbons (Fsp3) is 0.375. The predicted molar refractivity (Wildman–Crippen MR) is 161 cm³/mol. The zero-order valence-electron chi connectivity index (χ0n) is 24.4. The fourth-order valence-corrected chi connectivity index (χ4v) is 5.66. The van der Waals surface area contributed by atoms with Gasteiger partial charge >= 0.3 is 0 Å². The number of nitrogens with zero attached hydrogens (tertiary/aromatic N) is 2. The number of hydrogen-bond donors (Lipinski definition) is 1. The van der Waals surface area contributed by atoms with Crippen LogP contribution in [-0.2, 0) is 26.2 Å². The summed E-state index contributed by atoms with van der Waals surface area (Å²) in [6, 6.07) is 18.9. The van der Waals surface area contributed by atoms with Crippen molar-refractivity contribution in [1.82, 2.24) is 10.2 Å². The molecule has 0 radical (unpaired) electrons. The Morgan fingerprint density at radius 1 is 0.850 bits per heavy atom. The average molecular weight is 564 g/mol. The van der Waals surface area contributed by atoms with Crippen molar-refractivity contribution in [3.63, 3.8) is 0 Å². The number of rotatable bonds is 12. The molecule has 0 saturated heterocycles. The second kappa shape index (κ2) is 13.6. The maximum atomic E-state index is 14.0. The third kappa shape index (κ3) is 7.72. The Labute approximate surface area is 239 Å². The number of anilines is 1. The summed E-state index contributed by atoms with van der Waals surface area (Å²) in [7, 11) is -4.09. The monoisotopic (exact) mass is 563 g/mol. The van der Waals surface area contributed by atoms with Gasteiger partial charge in [-0.05, 0) is 82.0 Å². The smallest absolute Gasteiger partial charge is 0.264 e. The Bertz CT molecular complexity index is 1420. The first-order valence-corrected chi connectivity index (χ1v) is 15.2. The largest absolute Gasteiger partial charge is 0.354 e. The molecule has 0 aromatic heterocycles.